The van der Waals surface area contributed by atoms with Gasteiger partial charge in [0.2, 0.25) is 0 Å². The molecule has 0 bridgehead atoms. The van der Waals surface area contributed by atoms with Crippen LogP contribution in [0.5, 0.6) is 5.75 Å². The molecule has 0 spiro atoms. The molecule has 1 aromatic carbocycles. The molecule has 1 aromatic rings. The summed E-state index contributed by atoms with van der Waals surface area (Å²) in [7, 11) is 0. The molecular formula is C10H9BrFNO. The zero-order valence-corrected chi connectivity index (χ0v) is 9.39. The molecule has 0 amide bonds. The summed E-state index contributed by atoms with van der Waals surface area (Å²) in [6.45, 7) is 3.19. The Kier molecular flexibility index (Phi) is 2.81. The minimum Gasteiger partial charge on any atom is -0.505 e. The molecular weight excluding hydrogens is 249 g/mol. The molecule has 1 rings (SSSR count). The van der Waals surface area contributed by atoms with E-state index in [0.29, 0.717) is 4.47 Å². The van der Waals surface area contributed by atoms with Gasteiger partial charge in [-0.2, -0.15) is 5.26 Å². The first-order valence-corrected chi connectivity index (χ1v) is 4.78. The zero-order valence-electron chi connectivity index (χ0n) is 7.81. The van der Waals surface area contributed by atoms with Crippen molar-refractivity contribution < 1.29 is 9.50 Å². The molecule has 0 aliphatic rings. The van der Waals surface area contributed by atoms with Crippen molar-refractivity contribution in [3.8, 4) is 11.8 Å². The molecule has 1 N–H and O–H groups in total. The minimum absolute atomic E-state index is 0.181. The number of rotatable bonds is 1. The van der Waals surface area contributed by atoms with E-state index in [9.17, 15) is 9.50 Å². The van der Waals surface area contributed by atoms with Crippen LogP contribution in [-0.4, -0.2) is 5.11 Å². The molecule has 0 atom stereocenters. The van der Waals surface area contributed by atoms with Gasteiger partial charge in [0.15, 0.2) is 11.6 Å². The van der Waals surface area contributed by atoms with E-state index in [2.05, 4.69) is 15.9 Å². The lowest BCUT2D eigenvalue weighted by Crippen LogP contribution is -2.17. The second kappa shape index (κ2) is 3.58. The number of aromatic hydroxyl groups is 1. The highest BCUT2D eigenvalue weighted by atomic mass is 79.9. The van der Waals surface area contributed by atoms with Crippen LogP contribution < -0.4 is 0 Å². The molecule has 0 saturated carbocycles. The summed E-state index contributed by atoms with van der Waals surface area (Å²) < 4.78 is 14.0. The minimum atomic E-state index is -0.971. The Bertz CT molecular complexity index is 409. The van der Waals surface area contributed by atoms with Crippen molar-refractivity contribution in [1.29, 1.82) is 5.26 Å². The summed E-state index contributed by atoms with van der Waals surface area (Å²) in [6, 6.07) is 4.75. The lowest BCUT2D eigenvalue weighted by Gasteiger charge is -2.18. The van der Waals surface area contributed by atoms with Crippen molar-refractivity contribution in [2.75, 3.05) is 0 Å². The SMILES string of the molecule is CC(C)(C#N)c1c(Br)ccc(O)c1F. The van der Waals surface area contributed by atoms with Gasteiger partial charge in [-0.05, 0) is 26.0 Å². The highest BCUT2D eigenvalue weighted by Gasteiger charge is 2.28. The molecule has 0 heterocycles. The van der Waals surface area contributed by atoms with Crippen molar-refractivity contribution in [1.82, 2.24) is 0 Å². The van der Waals surface area contributed by atoms with E-state index in [4.69, 9.17) is 5.26 Å². The van der Waals surface area contributed by atoms with Crippen molar-refractivity contribution in [2.45, 2.75) is 19.3 Å². The molecule has 2 nitrogen and oxygen atoms in total. The van der Waals surface area contributed by atoms with Crippen LogP contribution in [0.2, 0.25) is 0 Å². The topological polar surface area (TPSA) is 44.0 Å². The van der Waals surface area contributed by atoms with E-state index in [1.165, 1.54) is 12.1 Å². The van der Waals surface area contributed by atoms with E-state index in [1.54, 1.807) is 13.8 Å². The van der Waals surface area contributed by atoms with Crippen LogP contribution >= 0.6 is 15.9 Å². The standard InChI is InChI=1S/C10H9BrFNO/c1-10(2,5-13)8-6(11)3-4-7(14)9(8)12/h3-4,14H,1-2H3. The Hall–Kier alpha value is -1.08. The van der Waals surface area contributed by atoms with Gasteiger partial charge in [-0.3, -0.25) is 0 Å². The fourth-order valence-corrected chi connectivity index (χ4v) is 1.97. The number of nitrogens with zero attached hydrogens (tertiary/aromatic N) is 1. The number of hydrogen-bond acceptors (Lipinski definition) is 2. The summed E-state index contributed by atoms with van der Waals surface area (Å²) >= 11 is 3.16. The van der Waals surface area contributed by atoms with E-state index in [0.717, 1.165) is 0 Å². The summed E-state index contributed by atoms with van der Waals surface area (Å²) in [5, 5.41) is 18.0. The Morgan fingerprint density at radius 3 is 2.57 bits per heavy atom. The predicted molar refractivity (Wildman–Crippen MR) is 54.4 cm³/mol. The summed E-state index contributed by atoms with van der Waals surface area (Å²) in [4.78, 5) is 0. The maximum atomic E-state index is 13.5. The molecule has 0 fully saturated rings. The Balaban J connectivity index is 3.49. The summed E-state index contributed by atoms with van der Waals surface area (Å²) in [6.07, 6.45) is 0. The molecule has 0 saturated heterocycles. The van der Waals surface area contributed by atoms with Gasteiger partial charge in [0.1, 0.15) is 0 Å². The zero-order chi connectivity index (χ0) is 10.9. The molecule has 14 heavy (non-hydrogen) atoms. The normalized spacial score (nSPS) is 11.1. The number of hydrogen-bond donors (Lipinski definition) is 1. The molecule has 0 radical (unpaired) electrons. The van der Waals surface area contributed by atoms with Crippen LogP contribution in [0, 0.1) is 17.1 Å². The lowest BCUT2D eigenvalue weighted by molar-refractivity contribution is 0.422. The molecule has 0 aromatic heterocycles. The van der Waals surface area contributed by atoms with Crippen molar-refractivity contribution in [2.24, 2.45) is 0 Å². The van der Waals surface area contributed by atoms with Gasteiger partial charge in [-0.25, -0.2) is 4.39 Å². The number of nitriles is 1. The lowest BCUT2D eigenvalue weighted by atomic mass is 9.86. The quantitative estimate of drug-likeness (QED) is 0.841. The Morgan fingerprint density at radius 1 is 1.50 bits per heavy atom. The van der Waals surface area contributed by atoms with E-state index in [-0.39, 0.29) is 5.56 Å². The van der Waals surface area contributed by atoms with Crippen LogP contribution in [0.25, 0.3) is 0 Å². The molecule has 0 unspecified atom stereocenters. The highest BCUT2D eigenvalue weighted by molar-refractivity contribution is 9.10. The number of halogens is 2. The van der Waals surface area contributed by atoms with E-state index >= 15 is 0 Å². The van der Waals surface area contributed by atoms with Crippen LogP contribution in [0.1, 0.15) is 19.4 Å². The van der Waals surface area contributed by atoms with Gasteiger partial charge in [-0.15, -0.1) is 0 Å². The monoisotopic (exact) mass is 257 g/mol. The first kappa shape index (κ1) is 11.0. The van der Waals surface area contributed by atoms with Crippen molar-refractivity contribution in [3.05, 3.63) is 28.0 Å². The predicted octanol–water partition coefficient (Wildman–Crippen LogP) is 3.09. The smallest absolute Gasteiger partial charge is 0.170 e. The van der Waals surface area contributed by atoms with Gasteiger partial charge in [-0.1, -0.05) is 15.9 Å². The second-order valence-corrected chi connectivity index (χ2v) is 4.35. The first-order valence-electron chi connectivity index (χ1n) is 3.99. The highest BCUT2D eigenvalue weighted by Crippen LogP contribution is 2.35. The largest absolute Gasteiger partial charge is 0.505 e. The molecule has 74 valence electrons. The fourth-order valence-electron chi connectivity index (χ4n) is 1.17. The third kappa shape index (κ3) is 1.73. The maximum Gasteiger partial charge on any atom is 0.170 e. The Morgan fingerprint density at radius 2 is 2.07 bits per heavy atom. The van der Waals surface area contributed by atoms with Gasteiger partial charge >= 0.3 is 0 Å². The van der Waals surface area contributed by atoms with Crippen molar-refractivity contribution >= 4 is 15.9 Å². The van der Waals surface area contributed by atoms with Crippen LogP contribution in [-0.2, 0) is 5.41 Å². The average molecular weight is 258 g/mol. The van der Waals surface area contributed by atoms with Crippen LogP contribution in [0.15, 0.2) is 16.6 Å². The number of phenolic OH excluding ortho intramolecular Hbond substituents is 1. The number of benzene rings is 1. The van der Waals surface area contributed by atoms with Gasteiger partial charge in [0.05, 0.1) is 11.5 Å². The second-order valence-electron chi connectivity index (χ2n) is 3.49. The molecule has 4 heteroatoms. The van der Waals surface area contributed by atoms with Gasteiger partial charge < -0.3 is 5.11 Å². The fraction of sp³-hybridized carbons (Fsp3) is 0.300. The van der Waals surface area contributed by atoms with Gasteiger partial charge in [0.25, 0.3) is 0 Å². The van der Waals surface area contributed by atoms with Crippen molar-refractivity contribution in [3.63, 3.8) is 0 Å². The summed E-state index contributed by atoms with van der Waals surface area (Å²) in [5.41, 5.74) is -0.790. The maximum absolute atomic E-state index is 13.5. The molecule has 0 aliphatic carbocycles. The third-order valence-electron chi connectivity index (χ3n) is 1.98. The summed E-state index contributed by atoms with van der Waals surface area (Å²) in [5.74, 6) is -1.18. The third-order valence-corrected chi connectivity index (χ3v) is 2.64. The van der Waals surface area contributed by atoms with Gasteiger partial charge in [0, 0.05) is 10.0 Å². The Labute approximate surface area is 90.1 Å². The average Bonchev–Trinajstić information content (AvgIpc) is 2.12. The first-order chi connectivity index (χ1) is 6.40. The van der Waals surface area contributed by atoms with E-state index in [1.807, 2.05) is 6.07 Å². The number of phenols is 1. The van der Waals surface area contributed by atoms with Crippen LogP contribution in [0.4, 0.5) is 4.39 Å². The molecule has 0 aliphatic heterocycles. The van der Waals surface area contributed by atoms with E-state index < -0.39 is 17.0 Å². The van der Waals surface area contributed by atoms with Crippen LogP contribution in [0.3, 0.4) is 0 Å².